The van der Waals surface area contributed by atoms with Crippen LogP contribution in [0, 0.1) is 24.1 Å². The Labute approximate surface area is 200 Å². The summed E-state index contributed by atoms with van der Waals surface area (Å²) >= 11 is 7.41. The Bertz CT molecular complexity index is 1780. The molecule has 0 radical (unpaired) electrons. The minimum Gasteiger partial charge on any atom is -0.291 e. The van der Waals surface area contributed by atoms with Gasteiger partial charge in [0.1, 0.15) is 16.0 Å². The Morgan fingerprint density at radius 2 is 2.03 bits per heavy atom. The van der Waals surface area contributed by atoms with Gasteiger partial charge in [0.25, 0.3) is 5.56 Å². The lowest BCUT2D eigenvalue weighted by Gasteiger charge is -2.11. The second kappa shape index (κ2) is 8.20. The summed E-state index contributed by atoms with van der Waals surface area (Å²) in [5.74, 6) is -0.476. The van der Waals surface area contributed by atoms with E-state index in [-0.39, 0.29) is 18.0 Å². The first-order valence-electron chi connectivity index (χ1n) is 10.2. The fraction of sp³-hybridized carbons (Fsp3) is 0.174. The van der Waals surface area contributed by atoms with Gasteiger partial charge in [-0.1, -0.05) is 11.6 Å². The first-order valence-corrected chi connectivity index (χ1v) is 11.4. The SMILES string of the molecule is Cc1c2c(-n3c(=O)c4sc(-c5ccc(F)cc5Cl)cc4n(CCC#N)c3=O)cncc2nn1C. The van der Waals surface area contributed by atoms with Crippen molar-refractivity contribution in [3.63, 3.8) is 0 Å². The van der Waals surface area contributed by atoms with Gasteiger partial charge in [-0.25, -0.2) is 13.8 Å². The average molecular weight is 495 g/mol. The highest BCUT2D eigenvalue weighted by Crippen LogP contribution is 2.36. The summed E-state index contributed by atoms with van der Waals surface area (Å²) in [4.78, 5) is 32.1. The van der Waals surface area contributed by atoms with Crippen LogP contribution in [0.3, 0.4) is 0 Å². The fourth-order valence-corrected chi connectivity index (χ4v) is 5.47. The predicted molar refractivity (Wildman–Crippen MR) is 129 cm³/mol. The van der Waals surface area contributed by atoms with Gasteiger partial charge in [0.15, 0.2) is 0 Å². The Kier molecular flexibility index (Phi) is 5.31. The van der Waals surface area contributed by atoms with Crippen LogP contribution >= 0.6 is 22.9 Å². The van der Waals surface area contributed by atoms with Gasteiger partial charge in [0.05, 0.1) is 46.5 Å². The summed E-state index contributed by atoms with van der Waals surface area (Å²) in [5.41, 5.74) is 1.48. The fourth-order valence-electron chi connectivity index (χ4n) is 4.01. The maximum atomic E-state index is 13.7. The molecule has 8 nitrogen and oxygen atoms in total. The first kappa shape index (κ1) is 22.0. The Morgan fingerprint density at radius 1 is 1.24 bits per heavy atom. The number of thiophene rings is 1. The number of hydrogen-bond donors (Lipinski definition) is 0. The van der Waals surface area contributed by atoms with E-state index in [1.54, 1.807) is 24.0 Å². The van der Waals surface area contributed by atoms with Crippen LogP contribution in [0.15, 0.2) is 46.2 Å². The lowest BCUT2D eigenvalue weighted by Crippen LogP contribution is -2.38. The normalized spacial score (nSPS) is 11.4. The largest absolute Gasteiger partial charge is 0.336 e. The lowest BCUT2D eigenvalue weighted by atomic mass is 10.2. The number of pyridine rings is 1. The van der Waals surface area contributed by atoms with Gasteiger partial charge in [-0.2, -0.15) is 10.4 Å². The Balaban J connectivity index is 1.87. The smallest absolute Gasteiger partial charge is 0.291 e. The zero-order chi connectivity index (χ0) is 24.1. The molecule has 11 heteroatoms. The Hall–Kier alpha value is -3.81. The molecule has 0 atom stereocenters. The van der Waals surface area contributed by atoms with E-state index in [4.69, 9.17) is 16.9 Å². The molecule has 4 heterocycles. The van der Waals surface area contributed by atoms with Crippen molar-refractivity contribution < 1.29 is 4.39 Å². The third kappa shape index (κ3) is 3.32. The highest BCUT2D eigenvalue weighted by molar-refractivity contribution is 7.22. The van der Waals surface area contributed by atoms with Crippen molar-refractivity contribution in [1.82, 2.24) is 23.9 Å². The summed E-state index contributed by atoms with van der Waals surface area (Å²) in [7, 11) is 1.77. The average Bonchev–Trinajstić information content (AvgIpc) is 3.36. The molecule has 0 N–H and O–H groups in total. The van der Waals surface area contributed by atoms with E-state index in [0.717, 1.165) is 21.6 Å². The molecule has 5 rings (SSSR count). The van der Waals surface area contributed by atoms with E-state index >= 15 is 0 Å². The third-order valence-corrected chi connectivity index (χ3v) is 7.18. The zero-order valence-corrected chi connectivity index (χ0v) is 19.6. The summed E-state index contributed by atoms with van der Waals surface area (Å²) in [5, 5.41) is 14.4. The number of nitrogens with zero attached hydrogens (tertiary/aromatic N) is 6. The predicted octanol–water partition coefficient (Wildman–Crippen LogP) is 4.18. The van der Waals surface area contributed by atoms with Crippen LogP contribution in [0.1, 0.15) is 12.1 Å². The van der Waals surface area contributed by atoms with Gasteiger partial charge in [-0.3, -0.25) is 19.0 Å². The number of nitriles is 1. The van der Waals surface area contributed by atoms with Crippen molar-refractivity contribution in [3.05, 3.63) is 74.0 Å². The molecule has 0 spiro atoms. The van der Waals surface area contributed by atoms with Gasteiger partial charge in [0, 0.05) is 29.7 Å². The number of halogens is 2. The molecule has 0 aliphatic rings. The van der Waals surface area contributed by atoms with E-state index in [1.165, 1.54) is 29.0 Å². The van der Waals surface area contributed by atoms with Crippen LogP contribution in [0.2, 0.25) is 5.02 Å². The summed E-state index contributed by atoms with van der Waals surface area (Å²) in [6.07, 6.45) is 3.11. The van der Waals surface area contributed by atoms with E-state index in [9.17, 15) is 14.0 Å². The molecule has 0 amide bonds. The lowest BCUT2D eigenvalue weighted by molar-refractivity contribution is 0.628. The molecule has 0 fully saturated rings. The molecule has 0 aliphatic carbocycles. The number of aryl methyl sites for hydroxylation is 3. The molecule has 0 bridgehead atoms. The molecule has 0 aliphatic heterocycles. The molecule has 0 unspecified atom stereocenters. The number of rotatable bonds is 4. The van der Waals surface area contributed by atoms with Crippen LogP contribution in [-0.2, 0) is 13.6 Å². The number of fused-ring (bicyclic) bond motifs is 2. The molecular formula is C23H16ClFN6O2S. The van der Waals surface area contributed by atoms with Gasteiger partial charge in [-0.05, 0) is 31.2 Å². The standard InChI is InChI=1S/C23H16ClFN6O2S/c1-12-20-16(28-29(12)2)10-27-11-18(20)31-22(32)21-17(30(23(31)33)7-3-6-26)9-19(34-21)14-5-4-13(25)8-15(14)24/h4-5,8-11H,3,7H2,1-2H3. The van der Waals surface area contributed by atoms with Gasteiger partial charge < -0.3 is 0 Å². The van der Waals surface area contributed by atoms with Crippen molar-refractivity contribution in [2.45, 2.75) is 19.9 Å². The molecule has 0 saturated carbocycles. The van der Waals surface area contributed by atoms with Crippen LogP contribution < -0.4 is 11.2 Å². The molecule has 34 heavy (non-hydrogen) atoms. The maximum absolute atomic E-state index is 13.7. The third-order valence-electron chi connectivity index (χ3n) is 5.72. The van der Waals surface area contributed by atoms with Crippen LogP contribution in [0.5, 0.6) is 0 Å². The zero-order valence-electron chi connectivity index (χ0n) is 18.0. The van der Waals surface area contributed by atoms with E-state index < -0.39 is 17.1 Å². The Morgan fingerprint density at radius 3 is 2.76 bits per heavy atom. The van der Waals surface area contributed by atoms with Gasteiger partial charge in [-0.15, -0.1) is 11.3 Å². The maximum Gasteiger partial charge on any atom is 0.336 e. The monoisotopic (exact) mass is 494 g/mol. The van der Waals surface area contributed by atoms with Crippen molar-refractivity contribution in [3.8, 4) is 22.2 Å². The highest BCUT2D eigenvalue weighted by atomic mass is 35.5. The van der Waals surface area contributed by atoms with E-state index in [1.807, 2.05) is 13.0 Å². The topological polar surface area (TPSA) is 98.5 Å². The molecule has 170 valence electrons. The molecule has 1 aromatic carbocycles. The van der Waals surface area contributed by atoms with Crippen molar-refractivity contribution in [1.29, 1.82) is 5.26 Å². The van der Waals surface area contributed by atoms with Gasteiger partial charge in [0.2, 0.25) is 0 Å². The van der Waals surface area contributed by atoms with Crippen molar-refractivity contribution >= 4 is 44.1 Å². The van der Waals surface area contributed by atoms with Crippen molar-refractivity contribution in [2.24, 2.45) is 7.05 Å². The highest BCUT2D eigenvalue weighted by Gasteiger charge is 2.22. The van der Waals surface area contributed by atoms with Crippen LogP contribution in [0.4, 0.5) is 4.39 Å². The minimum absolute atomic E-state index is 0.0735. The number of benzene rings is 1. The summed E-state index contributed by atoms with van der Waals surface area (Å²) in [6.45, 7) is 1.94. The minimum atomic E-state index is -0.583. The van der Waals surface area contributed by atoms with Crippen LogP contribution in [0.25, 0.3) is 37.2 Å². The quantitative estimate of drug-likeness (QED) is 0.373. The number of hydrogen-bond acceptors (Lipinski definition) is 6. The molecule has 0 saturated heterocycles. The summed E-state index contributed by atoms with van der Waals surface area (Å²) < 4.78 is 18.0. The second-order valence-corrected chi connectivity index (χ2v) is 9.15. The van der Waals surface area contributed by atoms with Crippen LogP contribution in [-0.4, -0.2) is 23.9 Å². The van der Waals surface area contributed by atoms with Gasteiger partial charge >= 0.3 is 5.69 Å². The molecular weight excluding hydrogens is 479 g/mol. The van der Waals surface area contributed by atoms with Crippen molar-refractivity contribution in [2.75, 3.05) is 0 Å². The first-order chi connectivity index (χ1) is 16.3. The van der Waals surface area contributed by atoms with E-state index in [0.29, 0.717) is 37.2 Å². The molecule has 5 aromatic rings. The second-order valence-electron chi connectivity index (χ2n) is 7.69. The molecule has 4 aromatic heterocycles. The number of aromatic nitrogens is 5. The summed E-state index contributed by atoms with van der Waals surface area (Å²) in [6, 6.07) is 7.73. The van der Waals surface area contributed by atoms with E-state index in [2.05, 4.69) is 10.1 Å².